The summed E-state index contributed by atoms with van der Waals surface area (Å²) in [4.78, 5) is 34.4. The third kappa shape index (κ3) is 6.44. The third-order valence-corrected chi connectivity index (χ3v) is 3.97. The van der Waals surface area contributed by atoms with E-state index in [4.69, 9.17) is 10.2 Å². The van der Waals surface area contributed by atoms with Gasteiger partial charge in [-0.1, -0.05) is 0 Å². The molecule has 0 aliphatic carbocycles. The molecule has 4 atom stereocenters. The summed E-state index contributed by atoms with van der Waals surface area (Å²) < 4.78 is 0. The largest absolute Gasteiger partial charge is 0.394 e. The van der Waals surface area contributed by atoms with Gasteiger partial charge in [0.1, 0.15) is 23.6 Å². The zero-order valence-electron chi connectivity index (χ0n) is 15.6. The highest BCUT2D eigenvalue weighted by Crippen LogP contribution is 2.06. The highest BCUT2D eigenvalue weighted by atomic mass is 16.4. The molecule has 0 aromatic carbocycles. The summed E-state index contributed by atoms with van der Waals surface area (Å²) in [5.74, 6) is -1.24. The summed E-state index contributed by atoms with van der Waals surface area (Å²) in [6.45, 7) is -1.82. The van der Waals surface area contributed by atoms with E-state index in [-0.39, 0.29) is 24.5 Å². The van der Waals surface area contributed by atoms with Crippen LogP contribution in [0.5, 0.6) is 0 Å². The monoisotopic (exact) mass is 402 g/mol. The van der Waals surface area contributed by atoms with E-state index < -0.39 is 49.4 Å². The van der Waals surface area contributed by atoms with Gasteiger partial charge in [0, 0.05) is 27.2 Å². The van der Waals surface area contributed by atoms with Crippen LogP contribution in [0, 0.1) is 0 Å². The van der Waals surface area contributed by atoms with Crippen LogP contribution in [0.2, 0.25) is 0 Å². The number of hydrogen-bond donors (Lipinski definition) is 6. The number of aliphatic hydroxyl groups excluding tert-OH is 6. The molecule has 1 aromatic heterocycles. The minimum atomic E-state index is -1.39. The van der Waals surface area contributed by atoms with Gasteiger partial charge >= 0.3 is 0 Å². The molecule has 0 spiro atoms. The number of aliphatic hydroxyl groups is 6. The number of aromatic nitrogens is 2. The molecule has 0 saturated heterocycles. The van der Waals surface area contributed by atoms with E-state index >= 15 is 0 Å². The van der Waals surface area contributed by atoms with Crippen molar-refractivity contribution in [2.45, 2.75) is 24.4 Å². The molecular formula is C16H26N4O8. The maximum absolute atomic E-state index is 12.2. The predicted molar refractivity (Wildman–Crippen MR) is 94.2 cm³/mol. The minimum Gasteiger partial charge on any atom is -0.394 e. The van der Waals surface area contributed by atoms with E-state index in [1.54, 1.807) is 0 Å². The van der Waals surface area contributed by atoms with Crippen molar-refractivity contribution in [3.8, 4) is 0 Å². The number of hydrogen-bond acceptors (Lipinski definition) is 10. The molecule has 158 valence electrons. The molecule has 1 heterocycles. The SMILES string of the molecule is CN(CC(O)C(O)CO)C(=O)c1cnc(C(=O)N(C)CC(O)C(O)CO)cn1. The molecule has 0 saturated carbocycles. The van der Waals surface area contributed by atoms with Crippen LogP contribution in [0.15, 0.2) is 12.4 Å². The fraction of sp³-hybridized carbons (Fsp3) is 0.625. The number of carbonyl (C=O) groups is 2. The van der Waals surface area contributed by atoms with Gasteiger partial charge in [0.05, 0.1) is 37.8 Å². The minimum absolute atomic E-state index is 0.108. The fourth-order valence-electron chi connectivity index (χ4n) is 2.15. The third-order valence-electron chi connectivity index (χ3n) is 3.97. The molecule has 0 aliphatic heterocycles. The first-order valence-corrected chi connectivity index (χ1v) is 8.39. The van der Waals surface area contributed by atoms with E-state index in [0.29, 0.717) is 0 Å². The van der Waals surface area contributed by atoms with Crippen LogP contribution in [-0.2, 0) is 0 Å². The Bertz CT molecular complexity index is 589. The molecule has 0 radical (unpaired) electrons. The Labute approximate surface area is 161 Å². The Morgan fingerprint density at radius 3 is 1.36 bits per heavy atom. The average molecular weight is 402 g/mol. The quantitative estimate of drug-likeness (QED) is 0.225. The molecule has 0 fully saturated rings. The average Bonchev–Trinajstić information content (AvgIpc) is 2.70. The maximum atomic E-state index is 12.2. The fourth-order valence-corrected chi connectivity index (χ4v) is 2.15. The highest BCUT2D eigenvalue weighted by molar-refractivity contribution is 5.94. The molecular weight excluding hydrogens is 376 g/mol. The van der Waals surface area contributed by atoms with Gasteiger partial charge in [-0.05, 0) is 0 Å². The molecule has 12 nitrogen and oxygen atoms in total. The Balaban J connectivity index is 2.74. The zero-order valence-corrected chi connectivity index (χ0v) is 15.6. The van der Waals surface area contributed by atoms with Crippen LogP contribution >= 0.6 is 0 Å². The normalized spacial score (nSPS) is 15.4. The smallest absolute Gasteiger partial charge is 0.273 e. The number of rotatable bonds is 10. The van der Waals surface area contributed by atoms with Crippen LogP contribution in [0.4, 0.5) is 0 Å². The maximum Gasteiger partial charge on any atom is 0.273 e. The first kappa shape index (κ1) is 23.8. The van der Waals surface area contributed by atoms with E-state index in [1.165, 1.54) is 14.1 Å². The molecule has 1 aromatic rings. The van der Waals surface area contributed by atoms with Crippen molar-refractivity contribution in [1.82, 2.24) is 19.8 Å². The van der Waals surface area contributed by atoms with Gasteiger partial charge in [-0.25, -0.2) is 9.97 Å². The van der Waals surface area contributed by atoms with Crippen molar-refractivity contribution in [1.29, 1.82) is 0 Å². The number of nitrogens with zero attached hydrogens (tertiary/aromatic N) is 4. The lowest BCUT2D eigenvalue weighted by molar-refractivity contribution is -0.0244. The predicted octanol–water partition coefficient (Wildman–Crippen LogP) is -3.95. The Hall–Kier alpha value is -2.22. The van der Waals surface area contributed by atoms with E-state index in [9.17, 15) is 30.0 Å². The topological polar surface area (TPSA) is 188 Å². The second-order valence-corrected chi connectivity index (χ2v) is 6.29. The second-order valence-electron chi connectivity index (χ2n) is 6.29. The lowest BCUT2D eigenvalue weighted by atomic mass is 10.2. The van der Waals surface area contributed by atoms with Crippen LogP contribution in [0.1, 0.15) is 21.0 Å². The summed E-state index contributed by atoms with van der Waals surface area (Å²) in [6.07, 6.45) is -3.35. The van der Waals surface area contributed by atoms with Crippen LogP contribution < -0.4 is 0 Å². The lowest BCUT2D eigenvalue weighted by Gasteiger charge is -2.23. The van der Waals surface area contributed by atoms with Crippen molar-refractivity contribution in [3.05, 3.63) is 23.8 Å². The van der Waals surface area contributed by atoms with E-state index in [2.05, 4.69) is 9.97 Å². The lowest BCUT2D eigenvalue weighted by Crippen LogP contribution is -2.42. The first-order chi connectivity index (χ1) is 13.1. The molecule has 0 bridgehead atoms. The Morgan fingerprint density at radius 2 is 1.11 bits per heavy atom. The van der Waals surface area contributed by atoms with Gasteiger partial charge in [0.25, 0.3) is 11.8 Å². The zero-order chi connectivity index (χ0) is 21.4. The molecule has 6 N–H and O–H groups in total. The van der Waals surface area contributed by atoms with Gasteiger partial charge < -0.3 is 40.4 Å². The Morgan fingerprint density at radius 1 is 0.786 bits per heavy atom. The van der Waals surface area contributed by atoms with Crippen LogP contribution in [0.25, 0.3) is 0 Å². The van der Waals surface area contributed by atoms with Crippen molar-refractivity contribution in [3.63, 3.8) is 0 Å². The second kappa shape index (κ2) is 10.9. The van der Waals surface area contributed by atoms with E-state index in [0.717, 1.165) is 22.2 Å². The van der Waals surface area contributed by atoms with Gasteiger partial charge in [-0.3, -0.25) is 9.59 Å². The van der Waals surface area contributed by atoms with Crippen LogP contribution in [0.3, 0.4) is 0 Å². The molecule has 1 rings (SSSR count). The summed E-state index contributed by atoms with van der Waals surface area (Å²) in [7, 11) is 2.72. The number of likely N-dealkylation sites (N-methyl/N-ethyl adjacent to an activating group) is 2. The van der Waals surface area contributed by atoms with Crippen LogP contribution in [-0.4, -0.2) is 127 Å². The molecule has 28 heavy (non-hydrogen) atoms. The Kier molecular flexibility index (Phi) is 9.31. The van der Waals surface area contributed by atoms with Gasteiger partial charge in [0.15, 0.2) is 0 Å². The summed E-state index contributed by atoms with van der Waals surface area (Å²) in [5.41, 5.74) is -0.216. The molecule has 4 unspecified atom stereocenters. The van der Waals surface area contributed by atoms with Crippen molar-refractivity contribution >= 4 is 11.8 Å². The number of carbonyl (C=O) groups excluding carboxylic acids is 2. The molecule has 2 amide bonds. The van der Waals surface area contributed by atoms with Gasteiger partial charge in [-0.15, -0.1) is 0 Å². The number of amides is 2. The van der Waals surface area contributed by atoms with E-state index in [1.807, 2.05) is 0 Å². The van der Waals surface area contributed by atoms with Crippen molar-refractivity contribution < 1.29 is 40.2 Å². The highest BCUT2D eigenvalue weighted by Gasteiger charge is 2.24. The molecule has 0 aliphatic rings. The van der Waals surface area contributed by atoms with Crippen molar-refractivity contribution in [2.75, 3.05) is 40.4 Å². The summed E-state index contributed by atoms with van der Waals surface area (Å²) >= 11 is 0. The van der Waals surface area contributed by atoms with Gasteiger partial charge in [-0.2, -0.15) is 0 Å². The van der Waals surface area contributed by atoms with Gasteiger partial charge in [0.2, 0.25) is 0 Å². The van der Waals surface area contributed by atoms with Crippen molar-refractivity contribution in [2.24, 2.45) is 0 Å². The standard InChI is InChI=1S/C16H26N4O8/c1-19(5-11(23)13(25)7-21)15(27)9-3-18-10(4-17-9)16(28)20(2)6-12(24)14(26)8-22/h3-4,11-14,21-26H,5-8H2,1-2H3. The summed E-state index contributed by atoms with van der Waals surface area (Å²) in [5, 5.41) is 55.5. The summed E-state index contributed by atoms with van der Waals surface area (Å²) in [6, 6.07) is 0. The first-order valence-electron chi connectivity index (χ1n) is 8.39. The molecule has 12 heteroatoms.